The van der Waals surface area contributed by atoms with E-state index < -0.39 is 0 Å². The molecule has 5 nitrogen and oxygen atoms in total. The standard InChI is InChI=1S/C17H18N2O3S/c20-16-19(15-7-13(9-23-15)12-3-6-21-8-12)11-17(22-16)10-18-4-1-14(17)2-5-18/h3,6-9,14H,1-2,4-5,10-11H2/t17-/m1/s1. The number of furan rings is 1. The number of rotatable bonds is 2. The summed E-state index contributed by atoms with van der Waals surface area (Å²) in [7, 11) is 0. The van der Waals surface area contributed by atoms with Gasteiger partial charge in [0.05, 0.1) is 19.1 Å². The topological polar surface area (TPSA) is 45.9 Å². The zero-order valence-corrected chi connectivity index (χ0v) is 13.6. The van der Waals surface area contributed by atoms with Gasteiger partial charge in [-0.1, -0.05) is 0 Å². The molecule has 6 rings (SSSR count). The number of anilines is 1. The maximum atomic E-state index is 12.5. The largest absolute Gasteiger partial charge is 0.472 e. The Morgan fingerprint density at radius 2 is 2.09 bits per heavy atom. The minimum absolute atomic E-state index is 0.195. The zero-order valence-electron chi connectivity index (χ0n) is 12.7. The normalized spacial score (nSPS) is 32.7. The second-order valence-electron chi connectivity index (χ2n) is 6.75. The summed E-state index contributed by atoms with van der Waals surface area (Å²) in [6.45, 7) is 3.86. The van der Waals surface area contributed by atoms with Crippen LogP contribution in [0, 0.1) is 5.92 Å². The number of piperidine rings is 3. The Kier molecular flexibility index (Phi) is 2.87. The van der Waals surface area contributed by atoms with Gasteiger partial charge in [0.15, 0.2) is 0 Å². The van der Waals surface area contributed by atoms with Gasteiger partial charge in [0, 0.05) is 23.4 Å². The van der Waals surface area contributed by atoms with Crippen LogP contribution >= 0.6 is 11.3 Å². The van der Waals surface area contributed by atoms with E-state index in [1.807, 2.05) is 11.0 Å². The average molecular weight is 330 g/mol. The molecule has 0 N–H and O–H groups in total. The lowest BCUT2D eigenvalue weighted by molar-refractivity contribution is -0.0881. The zero-order chi connectivity index (χ0) is 15.4. The monoisotopic (exact) mass is 330 g/mol. The van der Waals surface area contributed by atoms with E-state index in [0.29, 0.717) is 12.5 Å². The molecular weight excluding hydrogens is 312 g/mol. The van der Waals surface area contributed by atoms with Gasteiger partial charge in [-0.3, -0.25) is 9.80 Å². The van der Waals surface area contributed by atoms with E-state index >= 15 is 0 Å². The summed E-state index contributed by atoms with van der Waals surface area (Å²) in [6, 6.07) is 3.99. The molecule has 4 aliphatic rings. The molecule has 0 aromatic carbocycles. The maximum absolute atomic E-state index is 12.5. The summed E-state index contributed by atoms with van der Waals surface area (Å²) < 4.78 is 11.1. The number of fused-ring (bicyclic) bond motifs is 2. The van der Waals surface area contributed by atoms with Crippen LogP contribution in [0.1, 0.15) is 12.8 Å². The predicted octanol–water partition coefficient (Wildman–Crippen LogP) is 3.43. The van der Waals surface area contributed by atoms with E-state index in [0.717, 1.165) is 48.6 Å². The van der Waals surface area contributed by atoms with Crippen LogP contribution in [0.3, 0.4) is 0 Å². The first-order chi connectivity index (χ1) is 11.2. The molecular formula is C17H18N2O3S. The fourth-order valence-electron chi connectivity index (χ4n) is 4.23. The molecule has 2 aromatic heterocycles. The van der Waals surface area contributed by atoms with Crippen molar-refractivity contribution in [2.45, 2.75) is 18.4 Å². The summed E-state index contributed by atoms with van der Waals surface area (Å²) in [5.74, 6) is 0.509. The molecule has 1 atom stereocenters. The van der Waals surface area contributed by atoms with Gasteiger partial charge in [0.25, 0.3) is 0 Å². The van der Waals surface area contributed by atoms with Gasteiger partial charge in [-0.25, -0.2) is 4.79 Å². The number of hydrogen-bond acceptors (Lipinski definition) is 5. The van der Waals surface area contributed by atoms with E-state index in [1.54, 1.807) is 23.9 Å². The lowest BCUT2D eigenvalue weighted by Gasteiger charge is -2.49. The van der Waals surface area contributed by atoms with Crippen LogP contribution in [-0.2, 0) is 4.74 Å². The summed E-state index contributed by atoms with van der Waals surface area (Å²) in [6.07, 6.45) is 5.49. The van der Waals surface area contributed by atoms with Crippen molar-refractivity contribution < 1.29 is 13.9 Å². The Balaban J connectivity index is 1.43. The van der Waals surface area contributed by atoms with Crippen molar-refractivity contribution in [1.82, 2.24) is 4.90 Å². The Morgan fingerprint density at radius 1 is 1.22 bits per heavy atom. The number of hydrogen-bond donors (Lipinski definition) is 0. The van der Waals surface area contributed by atoms with Crippen molar-refractivity contribution in [3.05, 3.63) is 30.0 Å². The number of nitrogens with zero attached hydrogens (tertiary/aromatic N) is 2. The predicted molar refractivity (Wildman–Crippen MR) is 87.7 cm³/mol. The highest BCUT2D eigenvalue weighted by Gasteiger charge is 2.55. The molecule has 1 spiro atoms. The number of ether oxygens (including phenoxy) is 1. The molecule has 6 heterocycles. The molecule has 4 fully saturated rings. The number of carbonyl (C=O) groups excluding carboxylic acids is 1. The lowest BCUT2D eigenvalue weighted by Crippen LogP contribution is -2.61. The smallest absolute Gasteiger partial charge is 0.415 e. The minimum Gasteiger partial charge on any atom is -0.472 e. The van der Waals surface area contributed by atoms with Gasteiger partial charge < -0.3 is 9.15 Å². The van der Waals surface area contributed by atoms with Crippen LogP contribution in [0.15, 0.2) is 34.5 Å². The first kappa shape index (κ1) is 13.6. The van der Waals surface area contributed by atoms with Crippen molar-refractivity contribution in [1.29, 1.82) is 0 Å². The highest BCUT2D eigenvalue weighted by atomic mass is 32.1. The van der Waals surface area contributed by atoms with E-state index in [1.165, 1.54) is 0 Å². The van der Waals surface area contributed by atoms with Crippen LogP contribution in [0.25, 0.3) is 11.1 Å². The first-order valence-corrected chi connectivity index (χ1v) is 8.95. The summed E-state index contributed by atoms with van der Waals surface area (Å²) in [4.78, 5) is 16.7. The van der Waals surface area contributed by atoms with Gasteiger partial charge in [-0.2, -0.15) is 0 Å². The summed E-state index contributed by atoms with van der Waals surface area (Å²) >= 11 is 1.59. The van der Waals surface area contributed by atoms with E-state index in [4.69, 9.17) is 9.15 Å². The Morgan fingerprint density at radius 3 is 2.78 bits per heavy atom. The lowest BCUT2D eigenvalue weighted by atomic mass is 9.75. The van der Waals surface area contributed by atoms with Crippen LogP contribution in [-0.4, -0.2) is 42.8 Å². The molecule has 2 aromatic rings. The van der Waals surface area contributed by atoms with E-state index in [9.17, 15) is 4.79 Å². The van der Waals surface area contributed by atoms with Gasteiger partial charge in [0.2, 0.25) is 0 Å². The summed E-state index contributed by atoms with van der Waals surface area (Å²) in [5, 5.41) is 3.02. The molecule has 0 radical (unpaired) electrons. The molecule has 4 saturated heterocycles. The van der Waals surface area contributed by atoms with Crippen molar-refractivity contribution in [3.63, 3.8) is 0 Å². The van der Waals surface area contributed by atoms with Crippen LogP contribution in [0.5, 0.6) is 0 Å². The van der Waals surface area contributed by atoms with Crippen molar-refractivity contribution >= 4 is 22.4 Å². The fourth-order valence-corrected chi connectivity index (χ4v) is 5.14. The molecule has 120 valence electrons. The van der Waals surface area contributed by atoms with Crippen molar-refractivity contribution in [3.8, 4) is 11.1 Å². The number of thiophene rings is 1. The second kappa shape index (κ2) is 4.85. The van der Waals surface area contributed by atoms with Gasteiger partial charge >= 0.3 is 6.09 Å². The quantitative estimate of drug-likeness (QED) is 0.846. The highest BCUT2D eigenvalue weighted by Crippen LogP contribution is 2.44. The fraction of sp³-hybridized carbons (Fsp3) is 0.471. The van der Waals surface area contributed by atoms with Gasteiger partial charge in [-0.15, -0.1) is 11.3 Å². The molecule has 0 unspecified atom stereocenters. The molecule has 2 bridgehead atoms. The molecule has 6 heteroatoms. The first-order valence-electron chi connectivity index (χ1n) is 8.07. The van der Waals surface area contributed by atoms with Crippen LogP contribution in [0.2, 0.25) is 0 Å². The Hall–Kier alpha value is -1.79. The Bertz CT molecular complexity index is 733. The van der Waals surface area contributed by atoms with Crippen LogP contribution in [0.4, 0.5) is 9.80 Å². The molecule has 23 heavy (non-hydrogen) atoms. The molecule has 4 aliphatic heterocycles. The Labute approximate surface area is 138 Å². The minimum atomic E-state index is -0.298. The molecule has 1 amide bonds. The van der Waals surface area contributed by atoms with Crippen LogP contribution < -0.4 is 4.90 Å². The molecule has 0 saturated carbocycles. The second-order valence-corrected chi connectivity index (χ2v) is 7.64. The number of amides is 1. The molecule has 0 aliphatic carbocycles. The van der Waals surface area contributed by atoms with Crippen molar-refractivity contribution in [2.24, 2.45) is 5.92 Å². The average Bonchev–Trinajstić information content (AvgIpc) is 3.28. The maximum Gasteiger partial charge on any atom is 0.415 e. The van der Waals surface area contributed by atoms with Crippen molar-refractivity contribution in [2.75, 3.05) is 31.1 Å². The SMILES string of the molecule is O=C1O[C@]2(CN3CCC2CC3)CN1c1cc(-c2ccoc2)cs1. The van der Waals surface area contributed by atoms with Gasteiger partial charge in [-0.05, 0) is 43.6 Å². The third-order valence-corrected chi connectivity index (χ3v) is 6.42. The summed E-state index contributed by atoms with van der Waals surface area (Å²) in [5.41, 5.74) is 1.83. The third-order valence-electron chi connectivity index (χ3n) is 5.47. The third kappa shape index (κ3) is 2.05. The van der Waals surface area contributed by atoms with E-state index in [-0.39, 0.29) is 11.7 Å². The van der Waals surface area contributed by atoms with E-state index in [2.05, 4.69) is 16.3 Å². The highest BCUT2D eigenvalue weighted by molar-refractivity contribution is 7.14. The number of carbonyl (C=O) groups is 1. The van der Waals surface area contributed by atoms with Gasteiger partial charge in [0.1, 0.15) is 10.6 Å².